The Morgan fingerprint density at radius 1 is 0.389 bits per heavy atom. The number of rotatable bonds is 0. The summed E-state index contributed by atoms with van der Waals surface area (Å²) in [5, 5.41) is 5.25. The topological polar surface area (TPSA) is 0 Å². The Morgan fingerprint density at radius 2 is 0.583 bits per heavy atom. The molecule has 0 spiro atoms. The maximum Gasteiger partial charge on any atom is 0 e. The molecule has 194 valence electrons. The standard InChI is InChI=1S/C14H10.2C10H15.2Fe/c1-2-6-12-10-14-8-4-3-7-13(14)9-11(12)5-1;2*1-6-7(2)9(4)10(5)8(6)3;;/h1-10H;2*1-5H3;;/q;2*-1;;. The fourth-order valence-corrected chi connectivity index (χ4v) is 4.70. The molecule has 0 aliphatic carbocycles. The Bertz CT molecular complexity index is 1120. The molecule has 5 aromatic rings. The molecule has 36 heavy (non-hydrogen) atoms. The Morgan fingerprint density at radius 3 is 0.722 bits per heavy atom. The number of hydrogen-bond donors (Lipinski definition) is 0. The summed E-state index contributed by atoms with van der Waals surface area (Å²) in [5.74, 6) is 0. The van der Waals surface area contributed by atoms with E-state index >= 15 is 0 Å². The third-order valence-electron chi connectivity index (χ3n) is 8.24. The summed E-state index contributed by atoms with van der Waals surface area (Å²) in [6.45, 7) is 22.0. The molecular formula is C34H40Fe2-2. The van der Waals surface area contributed by atoms with Crippen LogP contribution in [0.15, 0.2) is 60.7 Å². The first-order valence-electron chi connectivity index (χ1n) is 12.3. The molecule has 0 saturated heterocycles. The van der Waals surface area contributed by atoms with Crippen molar-refractivity contribution in [2.24, 2.45) is 0 Å². The molecule has 5 rings (SSSR count). The molecule has 0 nitrogen and oxygen atoms in total. The minimum absolute atomic E-state index is 0. The smallest absolute Gasteiger partial charge is 0 e. The van der Waals surface area contributed by atoms with Gasteiger partial charge in [-0.3, -0.25) is 0 Å². The summed E-state index contributed by atoms with van der Waals surface area (Å²) in [5.41, 5.74) is 14.7. The monoisotopic (exact) mass is 560 g/mol. The van der Waals surface area contributed by atoms with Crippen LogP contribution in [-0.2, 0) is 34.1 Å². The quantitative estimate of drug-likeness (QED) is 0.101. The molecule has 0 N–H and O–H groups in total. The van der Waals surface area contributed by atoms with Crippen LogP contribution in [0.5, 0.6) is 0 Å². The van der Waals surface area contributed by atoms with Crippen molar-refractivity contribution >= 4 is 21.5 Å². The fraction of sp³-hybridized carbons (Fsp3) is 0.294. The van der Waals surface area contributed by atoms with Crippen LogP contribution in [0.1, 0.15) is 55.6 Å². The number of fused-ring (bicyclic) bond motifs is 2. The zero-order valence-electron chi connectivity index (χ0n) is 23.5. The van der Waals surface area contributed by atoms with Crippen molar-refractivity contribution in [3.8, 4) is 0 Å². The van der Waals surface area contributed by atoms with Crippen molar-refractivity contribution in [2.75, 3.05) is 0 Å². The van der Waals surface area contributed by atoms with Crippen LogP contribution < -0.4 is 0 Å². The van der Waals surface area contributed by atoms with Gasteiger partial charge in [0, 0.05) is 34.1 Å². The number of benzene rings is 3. The van der Waals surface area contributed by atoms with Crippen molar-refractivity contribution in [1.82, 2.24) is 0 Å². The van der Waals surface area contributed by atoms with Gasteiger partial charge >= 0.3 is 0 Å². The molecule has 0 aromatic heterocycles. The van der Waals surface area contributed by atoms with Crippen LogP contribution in [0.2, 0.25) is 0 Å². The van der Waals surface area contributed by atoms with E-state index in [2.05, 4.69) is 130 Å². The Hall–Kier alpha value is -2.08. The van der Waals surface area contributed by atoms with E-state index < -0.39 is 0 Å². The van der Waals surface area contributed by atoms with Gasteiger partial charge in [-0.1, -0.05) is 118 Å². The molecular weight excluding hydrogens is 520 g/mol. The van der Waals surface area contributed by atoms with Crippen LogP contribution >= 0.6 is 0 Å². The molecule has 0 radical (unpaired) electrons. The van der Waals surface area contributed by atoms with Gasteiger partial charge in [0.05, 0.1) is 0 Å². The molecule has 0 amide bonds. The van der Waals surface area contributed by atoms with E-state index in [4.69, 9.17) is 0 Å². The van der Waals surface area contributed by atoms with E-state index in [1.165, 1.54) is 77.2 Å². The predicted octanol–water partition coefficient (Wildman–Crippen LogP) is 9.88. The van der Waals surface area contributed by atoms with Gasteiger partial charge in [0.2, 0.25) is 0 Å². The molecule has 0 fully saturated rings. The fourth-order valence-electron chi connectivity index (χ4n) is 4.70. The summed E-state index contributed by atoms with van der Waals surface area (Å²) in [7, 11) is 0. The second-order valence-corrected chi connectivity index (χ2v) is 9.80. The largest absolute Gasteiger partial charge is 0.196 e. The van der Waals surface area contributed by atoms with Crippen LogP contribution in [0.25, 0.3) is 21.5 Å². The molecule has 0 bridgehead atoms. The van der Waals surface area contributed by atoms with E-state index in [0.717, 1.165) is 0 Å². The molecule has 0 atom stereocenters. The second-order valence-electron chi connectivity index (χ2n) is 9.80. The summed E-state index contributed by atoms with van der Waals surface area (Å²) in [6.07, 6.45) is 0. The summed E-state index contributed by atoms with van der Waals surface area (Å²) >= 11 is 0. The first kappa shape index (κ1) is 31.9. The van der Waals surface area contributed by atoms with E-state index in [1.807, 2.05) is 0 Å². The maximum absolute atomic E-state index is 2.24. The van der Waals surface area contributed by atoms with Gasteiger partial charge in [-0.25, -0.2) is 0 Å². The van der Waals surface area contributed by atoms with Crippen molar-refractivity contribution in [2.45, 2.75) is 69.2 Å². The number of hydrogen-bond acceptors (Lipinski definition) is 0. The van der Waals surface area contributed by atoms with E-state index in [9.17, 15) is 0 Å². The first-order valence-corrected chi connectivity index (χ1v) is 12.3. The molecule has 0 aliphatic heterocycles. The molecule has 0 saturated carbocycles. The average molecular weight is 560 g/mol. The molecule has 0 heterocycles. The minimum Gasteiger partial charge on any atom is -0.196 e. The van der Waals surface area contributed by atoms with Crippen molar-refractivity contribution in [3.05, 3.63) is 116 Å². The molecule has 0 unspecified atom stereocenters. The first-order chi connectivity index (χ1) is 16.0. The van der Waals surface area contributed by atoms with Crippen LogP contribution in [0.4, 0.5) is 0 Å². The Balaban J connectivity index is 0.000000269. The zero-order valence-corrected chi connectivity index (χ0v) is 25.7. The van der Waals surface area contributed by atoms with Crippen LogP contribution in [0.3, 0.4) is 0 Å². The average Bonchev–Trinajstić information content (AvgIpc) is 3.13. The van der Waals surface area contributed by atoms with E-state index in [0.29, 0.717) is 0 Å². The molecule has 2 heteroatoms. The minimum atomic E-state index is 0. The Kier molecular flexibility index (Phi) is 11.9. The van der Waals surface area contributed by atoms with Crippen molar-refractivity contribution in [3.63, 3.8) is 0 Å². The summed E-state index contributed by atoms with van der Waals surface area (Å²) < 4.78 is 0. The van der Waals surface area contributed by atoms with Gasteiger partial charge in [0.25, 0.3) is 0 Å². The van der Waals surface area contributed by atoms with Gasteiger partial charge in [-0.2, -0.15) is 55.6 Å². The molecule has 5 aromatic carbocycles. The van der Waals surface area contributed by atoms with Crippen molar-refractivity contribution < 1.29 is 34.1 Å². The van der Waals surface area contributed by atoms with Gasteiger partial charge < -0.3 is 0 Å². The van der Waals surface area contributed by atoms with Gasteiger partial charge in [0.1, 0.15) is 0 Å². The van der Waals surface area contributed by atoms with Gasteiger partial charge in [-0.15, -0.1) is 0 Å². The van der Waals surface area contributed by atoms with Gasteiger partial charge in [0.15, 0.2) is 0 Å². The second kappa shape index (κ2) is 13.5. The maximum atomic E-state index is 2.24. The summed E-state index contributed by atoms with van der Waals surface area (Å²) in [6, 6.07) is 21.4. The predicted molar refractivity (Wildman–Crippen MR) is 153 cm³/mol. The van der Waals surface area contributed by atoms with E-state index in [1.54, 1.807) is 0 Å². The van der Waals surface area contributed by atoms with Gasteiger partial charge in [-0.05, 0) is 33.7 Å². The third kappa shape index (κ3) is 6.61. The third-order valence-corrected chi connectivity index (χ3v) is 8.24. The van der Waals surface area contributed by atoms with E-state index in [-0.39, 0.29) is 34.1 Å². The summed E-state index contributed by atoms with van der Waals surface area (Å²) in [4.78, 5) is 0. The normalized spacial score (nSPS) is 10.1. The Labute approximate surface area is 240 Å². The van der Waals surface area contributed by atoms with Crippen LogP contribution in [-0.4, -0.2) is 0 Å². The molecule has 0 aliphatic rings. The van der Waals surface area contributed by atoms with Crippen molar-refractivity contribution in [1.29, 1.82) is 0 Å². The van der Waals surface area contributed by atoms with Crippen LogP contribution in [0, 0.1) is 69.2 Å². The zero-order chi connectivity index (χ0) is 25.2. The SMILES string of the molecule is Cc1c(C)c(C)[c-](C)c1C.Cc1c(C)c(C)[c-](C)c1C.[Fe].[Fe].c1ccc2cc3ccccc3cc2c1.